The van der Waals surface area contributed by atoms with Gasteiger partial charge in [-0.25, -0.2) is 0 Å². The minimum atomic E-state index is -0.506. The van der Waals surface area contributed by atoms with Gasteiger partial charge >= 0.3 is 0 Å². The van der Waals surface area contributed by atoms with Crippen molar-refractivity contribution >= 4 is 34.5 Å². The van der Waals surface area contributed by atoms with Gasteiger partial charge in [0.1, 0.15) is 0 Å². The van der Waals surface area contributed by atoms with Gasteiger partial charge in [0.05, 0.1) is 6.10 Å². The van der Waals surface area contributed by atoms with Crippen molar-refractivity contribution in [3.8, 4) is 0 Å². The maximum absolute atomic E-state index is 10.2. The maximum atomic E-state index is 10.2. The molecule has 1 unspecified atom stereocenters. The number of rotatable bonds is 4. The van der Waals surface area contributed by atoms with Crippen LogP contribution in [0.5, 0.6) is 0 Å². The van der Waals surface area contributed by atoms with Gasteiger partial charge in [-0.2, -0.15) is 0 Å². The normalized spacial score (nSPS) is 12.7. The van der Waals surface area contributed by atoms with E-state index in [1.54, 1.807) is 23.5 Å². The van der Waals surface area contributed by atoms with Crippen molar-refractivity contribution in [3.05, 3.63) is 55.7 Å². The van der Waals surface area contributed by atoms with E-state index in [0.29, 0.717) is 16.5 Å². The van der Waals surface area contributed by atoms with E-state index in [1.165, 1.54) is 4.88 Å². The van der Waals surface area contributed by atoms with Crippen molar-refractivity contribution < 1.29 is 5.11 Å². The SMILES string of the molecule is CCc1ccc(C(O)Cc2ccc(Cl)cc2Cl)s1. The maximum Gasteiger partial charge on any atom is 0.0922 e. The molecule has 0 aliphatic heterocycles. The predicted octanol–water partition coefficient (Wildman–Crippen LogP) is 4.89. The average Bonchev–Trinajstić information content (AvgIpc) is 2.81. The van der Waals surface area contributed by atoms with Crippen LogP contribution in [0.15, 0.2) is 30.3 Å². The number of benzene rings is 1. The summed E-state index contributed by atoms with van der Waals surface area (Å²) in [5, 5.41) is 11.4. The number of aliphatic hydroxyl groups is 1. The van der Waals surface area contributed by atoms with Gasteiger partial charge in [-0.3, -0.25) is 0 Å². The third-order valence-corrected chi connectivity index (χ3v) is 4.71. The van der Waals surface area contributed by atoms with Crippen molar-refractivity contribution in [2.75, 3.05) is 0 Å². The van der Waals surface area contributed by atoms with Crippen molar-refractivity contribution in [2.24, 2.45) is 0 Å². The van der Waals surface area contributed by atoms with Crippen LogP contribution in [0.4, 0.5) is 0 Å². The number of hydrogen-bond acceptors (Lipinski definition) is 2. The van der Waals surface area contributed by atoms with Crippen LogP contribution in [0.25, 0.3) is 0 Å². The molecule has 1 heterocycles. The first-order valence-electron chi connectivity index (χ1n) is 5.80. The first kappa shape index (κ1) is 13.9. The van der Waals surface area contributed by atoms with Gasteiger partial charge in [-0.05, 0) is 36.2 Å². The van der Waals surface area contributed by atoms with Crippen LogP contribution in [0.3, 0.4) is 0 Å². The molecule has 1 N–H and O–H groups in total. The van der Waals surface area contributed by atoms with Gasteiger partial charge < -0.3 is 5.11 Å². The third-order valence-electron chi connectivity index (χ3n) is 2.79. The lowest BCUT2D eigenvalue weighted by Crippen LogP contribution is -2.00. The summed E-state index contributed by atoms with van der Waals surface area (Å²) in [5.74, 6) is 0. The summed E-state index contributed by atoms with van der Waals surface area (Å²) in [6.07, 6.45) is 1.01. The Morgan fingerprint density at radius 1 is 1.22 bits per heavy atom. The summed E-state index contributed by atoms with van der Waals surface area (Å²) in [7, 11) is 0. The number of thiophene rings is 1. The zero-order chi connectivity index (χ0) is 13.1. The van der Waals surface area contributed by atoms with Crippen LogP contribution in [0.1, 0.15) is 28.3 Å². The number of hydrogen-bond donors (Lipinski definition) is 1. The molecule has 2 aromatic rings. The van der Waals surface area contributed by atoms with E-state index in [-0.39, 0.29) is 0 Å². The Hall–Kier alpha value is -0.540. The fourth-order valence-corrected chi connectivity index (χ4v) is 3.18. The summed E-state index contributed by atoms with van der Waals surface area (Å²) in [4.78, 5) is 2.27. The molecule has 0 saturated carbocycles. The van der Waals surface area contributed by atoms with Crippen molar-refractivity contribution in [3.63, 3.8) is 0 Å². The number of aliphatic hydroxyl groups excluding tert-OH is 1. The Bertz CT molecular complexity index is 536. The molecule has 2 rings (SSSR count). The average molecular weight is 301 g/mol. The zero-order valence-corrected chi connectivity index (χ0v) is 12.3. The standard InChI is InChI=1S/C14H14Cl2OS/c1-2-11-5-6-14(18-11)13(17)7-9-3-4-10(15)8-12(9)16/h3-6,8,13,17H,2,7H2,1H3. The van der Waals surface area contributed by atoms with Gasteiger partial charge in [0.2, 0.25) is 0 Å². The molecule has 1 atom stereocenters. The van der Waals surface area contributed by atoms with Gasteiger partial charge in [-0.15, -0.1) is 11.3 Å². The highest BCUT2D eigenvalue weighted by Crippen LogP contribution is 2.29. The third kappa shape index (κ3) is 3.27. The molecule has 0 saturated heterocycles. The van der Waals surface area contributed by atoms with E-state index < -0.39 is 6.10 Å². The van der Waals surface area contributed by atoms with Gasteiger partial charge in [-0.1, -0.05) is 36.2 Å². The van der Waals surface area contributed by atoms with Crippen LogP contribution >= 0.6 is 34.5 Å². The lowest BCUT2D eigenvalue weighted by molar-refractivity contribution is 0.182. The molecule has 0 fully saturated rings. The fourth-order valence-electron chi connectivity index (χ4n) is 1.76. The van der Waals surface area contributed by atoms with Crippen LogP contribution in [0, 0.1) is 0 Å². The Morgan fingerprint density at radius 2 is 2.00 bits per heavy atom. The number of aryl methyl sites for hydroxylation is 1. The smallest absolute Gasteiger partial charge is 0.0922 e. The highest BCUT2D eigenvalue weighted by Gasteiger charge is 2.13. The minimum Gasteiger partial charge on any atom is -0.387 e. The molecular weight excluding hydrogens is 287 g/mol. The van der Waals surface area contributed by atoms with E-state index in [4.69, 9.17) is 23.2 Å². The molecule has 0 aliphatic carbocycles. The van der Waals surface area contributed by atoms with E-state index >= 15 is 0 Å². The van der Waals surface area contributed by atoms with E-state index in [2.05, 4.69) is 13.0 Å². The van der Waals surface area contributed by atoms with Crippen LogP contribution in [-0.2, 0) is 12.8 Å². The predicted molar refractivity (Wildman–Crippen MR) is 78.8 cm³/mol. The van der Waals surface area contributed by atoms with E-state index in [9.17, 15) is 5.11 Å². The molecule has 1 aromatic heterocycles. The molecule has 1 nitrogen and oxygen atoms in total. The fraction of sp³-hybridized carbons (Fsp3) is 0.286. The summed E-state index contributed by atoms with van der Waals surface area (Å²) in [6.45, 7) is 2.11. The number of halogens is 2. The molecule has 96 valence electrons. The molecule has 4 heteroatoms. The Kier molecular flexibility index (Phi) is 4.68. The van der Waals surface area contributed by atoms with Gasteiger partial charge in [0, 0.05) is 26.2 Å². The Labute approximate surface area is 121 Å². The summed E-state index contributed by atoms with van der Waals surface area (Å²) in [5.41, 5.74) is 0.917. The van der Waals surface area contributed by atoms with Crippen LogP contribution in [0.2, 0.25) is 10.0 Å². The molecule has 0 amide bonds. The van der Waals surface area contributed by atoms with Crippen LogP contribution in [-0.4, -0.2) is 5.11 Å². The molecular formula is C14H14Cl2OS. The van der Waals surface area contributed by atoms with E-state index in [0.717, 1.165) is 16.9 Å². The second-order valence-corrected chi connectivity index (χ2v) is 6.16. The Morgan fingerprint density at radius 3 is 2.61 bits per heavy atom. The highest BCUT2D eigenvalue weighted by molar-refractivity contribution is 7.12. The summed E-state index contributed by atoms with van der Waals surface area (Å²) >= 11 is 13.6. The lowest BCUT2D eigenvalue weighted by atomic mass is 10.1. The summed E-state index contributed by atoms with van der Waals surface area (Å²) in [6, 6.07) is 9.41. The Balaban J connectivity index is 2.13. The summed E-state index contributed by atoms with van der Waals surface area (Å²) < 4.78 is 0. The second-order valence-electron chi connectivity index (χ2n) is 4.11. The van der Waals surface area contributed by atoms with Crippen molar-refractivity contribution in [2.45, 2.75) is 25.9 Å². The first-order chi connectivity index (χ1) is 8.60. The van der Waals surface area contributed by atoms with Gasteiger partial charge in [0.15, 0.2) is 0 Å². The van der Waals surface area contributed by atoms with E-state index in [1.807, 2.05) is 12.1 Å². The highest BCUT2D eigenvalue weighted by atomic mass is 35.5. The zero-order valence-electron chi connectivity index (χ0n) is 9.99. The molecule has 0 bridgehead atoms. The molecule has 0 radical (unpaired) electrons. The molecule has 0 spiro atoms. The molecule has 1 aromatic carbocycles. The molecule has 18 heavy (non-hydrogen) atoms. The lowest BCUT2D eigenvalue weighted by Gasteiger charge is -2.10. The minimum absolute atomic E-state index is 0.506. The monoisotopic (exact) mass is 300 g/mol. The largest absolute Gasteiger partial charge is 0.387 e. The second kappa shape index (κ2) is 6.07. The topological polar surface area (TPSA) is 20.2 Å². The quantitative estimate of drug-likeness (QED) is 0.852. The first-order valence-corrected chi connectivity index (χ1v) is 7.38. The van der Waals surface area contributed by atoms with Crippen LogP contribution < -0.4 is 0 Å². The van der Waals surface area contributed by atoms with Gasteiger partial charge in [0.25, 0.3) is 0 Å². The molecule has 0 aliphatic rings. The van der Waals surface area contributed by atoms with Crippen molar-refractivity contribution in [1.29, 1.82) is 0 Å². The van der Waals surface area contributed by atoms with Crippen molar-refractivity contribution in [1.82, 2.24) is 0 Å².